The number of anilines is 2. The molecule has 3 nitrogen and oxygen atoms in total. The fourth-order valence-corrected chi connectivity index (χ4v) is 2.30. The second kappa shape index (κ2) is 4.74. The summed E-state index contributed by atoms with van der Waals surface area (Å²) in [5.74, 6) is 0.669. The van der Waals surface area contributed by atoms with Crippen molar-refractivity contribution in [1.82, 2.24) is 0 Å². The van der Waals surface area contributed by atoms with Crippen LogP contribution in [0.1, 0.15) is 12.0 Å². The molecule has 16 heavy (non-hydrogen) atoms. The molecule has 1 aliphatic rings. The minimum atomic E-state index is 0.669. The Hall–Kier alpha value is -1.22. The molecule has 88 valence electrons. The normalized spacial score (nSPS) is 20.4. The molecule has 0 aliphatic carbocycles. The molecule has 0 spiro atoms. The van der Waals surface area contributed by atoms with Crippen LogP contribution in [0.15, 0.2) is 18.2 Å². The van der Waals surface area contributed by atoms with Crippen LogP contribution in [0.5, 0.6) is 0 Å². The summed E-state index contributed by atoms with van der Waals surface area (Å²) in [7, 11) is 1.77. The quantitative estimate of drug-likeness (QED) is 0.792. The Morgan fingerprint density at radius 1 is 1.50 bits per heavy atom. The van der Waals surface area contributed by atoms with Gasteiger partial charge in [-0.3, -0.25) is 0 Å². The summed E-state index contributed by atoms with van der Waals surface area (Å²) in [5.41, 5.74) is 9.14. The lowest BCUT2D eigenvalue weighted by atomic mass is 10.1. The summed E-state index contributed by atoms with van der Waals surface area (Å²) in [6.45, 7) is 5.14. The van der Waals surface area contributed by atoms with Gasteiger partial charge in [-0.15, -0.1) is 0 Å². The van der Waals surface area contributed by atoms with Gasteiger partial charge in [-0.05, 0) is 37.1 Å². The Labute approximate surface area is 97.2 Å². The smallest absolute Gasteiger partial charge is 0.0508 e. The molecule has 1 fully saturated rings. The number of hydrogen-bond donors (Lipinski definition) is 1. The van der Waals surface area contributed by atoms with Gasteiger partial charge in [0.05, 0.1) is 6.61 Å². The zero-order chi connectivity index (χ0) is 11.5. The molecule has 0 bridgehead atoms. The van der Waals surface area contributed by atoms with Gasteiger partial charge in [0.15, 0.2) is 0 Å². The predicted octanol–water partition coefficient (Wildman–Crippen LogP) is 2.05. The molecule has 1 aliphatic heterocycles. The van der Waals surface area contributed by atoms with Gasteiger partial charge in [-0.25, -0.2) is 0 Å². The first-order chi connectivity index (χ1) is 7.70. The fourth-order valence-electron chi connectivity index (χ4n) is 2.30. The van der Waals surface area contributed by atoms with Crippen molar-refractivity contribution in [2.24, 2.45) is 5.92 Å². The number of nitrogen functional groups attached to an aromatic ring is 1. The van der Waals surface area contributed by atoms with Crippen molar-refractivity contribution in [3.63, 3.8) is 0 Å². The monoisotopic (exact) mass is 220 g/mol. The minimum absolute atomic E-state index is 0.669. The van der Waals surface area contributed by atoms with Gasteiger partial charge in [-0.2, -0.15) is 0 Å². The van der Waals surface area contributed by atoms with Gasteiger partial charge in [0.25, 0.3) is 0 Å². The molecule has 0 amide bonds. The molecule has 1 heterocycles. The van der Waals surface area contributed by atoms with Crippen molar-refractivity contribution in [2.75, 3.05) is 37.4 Å². The molecule has 1 unspecified atom stereocenters. The Bertz CT molecular complexity index is 365. The third-order valence-corrected chi connectivity index (χ3v) is 3.31. The maximum absolute atomic E-state index is 5.82. The lowest BCUT2D eigenvalue weighted by molar-refractivity contribution is 0.161. The van der Waals surface area contributed by atoms with E-state index in [0.717, 1.165) is 30.9 Å². The van der Waals surface area contributed by atoms with Gasteiger partial charge in [-0.1, -0.05) is 0 Å². The standard InChI is InChI=1S/C13H20N2O/c1-10-7-12(3-4-13(10)14)15-6-5-11(8-15)9-16-2/h3-4,7,11H,5-6,8-9,14H2,1-2H3. The molecule has 0 saturated carbocycles. The average molecular weight is 220 g/mol. The van der Waals surface area contributed by atoms with E-state index in [9.17, 15) is 0 Å². The summed E-state index contributed by atoms with van der Waals surface area (Å²) in [5, 5.41) is 0. The molecular weight excluding hydrogens is 200 g/mol. The number of methoxy groups -OCH3 is 1. The number of ether oxygens (including phenoxy) is 1. The van der Waals surface area contributed by atoms with E-state index in [-0.39, 0.29) is 0 Å². The highest BCUT2D eigenvalue weighted by molar-refractivity contribution is 5.58. The zero-order valence-electron chi connectivity index (χ0n) is 10.1. The maximum atomic E-state index is 5.82. The van der Waals surface area contributed by atoms with E-state index >= 15 is 0 Å². The van der Waals surface area contributed by atoms with Gasteiger partial charge in [0.1, 0.15) is 0 Å². The first kappa shape index (κ1) is 11.3. The molecule has 2 N–H and O–H groups in total. The van der Waals surface area contributed by atoms with Crippen LogP contribution < -0.4 is 10.6 Å². The Kier molecular flexibility index (Phi) is 3.34. The van der Waals surface area contributed by atoms with Crippen LogP contribution in [0.2, 0.25) is 0 Å². The molecule has 1 atom stereocenters. The molecule has 1 aromatic carbocycles. The van der Waals surface area contributed by atoms with Crippen molar-refractivity contribution in [3.8, 4) is 0 Å². The van der Waals surface area contributed by atoms with Crippen molar-refractivity contribution >= 4 is 11.4 Å². The molecule has 1 saturated heterocycles. The molecular formula is C13H20N2O. The van der Waals surface area contributed by atoms with Crippen molar-refractivity contribution in [3.05, 3.63) is 23.8 Å². The largest absolute Gasteiger partial charge is 0.399 e. The first-order valence-electron chi connectivity index (χ1n) is 5.80. The second-order valence-electron chi connectivity index (χ2n) is 4.60. The van der Waals surface area contributed by atoms with Crippen molar-refractivity contribution < 1.29 is 4.74 Å². The Morgan fingerprint density at radius 2 is 2.31 bits per heavy atom. The van der Waals surface area contributed by atoms with Crippen LogP contribution in [0, 0.1) is 12.8 Å². The van der Waals surface area contributed by atoms with Crippen molar-refractivity contribution in [1.29, 1.82) is 0 Å². The van der Waals surface area contributed by atoms with E-state index in [1.165, 1.54) is 12.1 Å². The number of benzene rings is 1. The van der Waals surface area contributed by atoms with Crippen LogP contribution in [-0.2, 0) is 4.74 Å². The third kappa shape index (κ3) is 2.30. The maximum Gasteiger partial charge on any atom is 0.0508 e. The zero-order valence-corrected chi connectivity index (χ0v) is 10.1. The number of aryl methyl sites for hydroxylation is 1. The van der Waals surface area contributed by atoms with E-state index in [0.29, 0.717) is 5.92 Å². The second-order valence-corrected chi connectivity index (χ2v) is 4.60. The molecule has 2 rings (SSSR count). The van der Waals surface area contributed by atoms with Crippen molar-refractivity contribution in [2.45, 2.75) is 13.3 Å². The lowest BCUT2D eigenvalue weighted by Crippen LogP contribution is -2.21. The van der Waals surface area contributed by atoms with Gasteiger partial charge < -0.3 is 15.4 Å². The summed E-state index contributed by atoms with van der Waals surface area (Å²) in [4.78, 5) is 2.41. The lowest BCUT2D eigenvalue weighted by Gasteiger charge is -2.19. The number of nitrogens with zero attached hydrogens (tertiary/aromatic N) is 1. The highest BCUT2D eigenvalue weighted by Crippen LogP contribution is 2.26. The first-order valence-corrected chi connectivity index (χ1v) is 5.80. The Morgan fingerprint density at radius 3 is 3.00 bits per heavy atom. The molecule has 0 radical (unpaired) electrons. The van der Waals surface area contributed by atoms with E-state index in [2.05, 4.69) is 24.0 Å². The van der Waals surface area contributed by atoms with Crippen LogP contribution in [0.25, 0.3) is 0 Å². The minimum Gasteiger partial charge on any atom is -0.399 e. The van der Waals surface area contributed by atoms with Crippen LogP contribution >= 0.6 is 0 Å². The van der Waals surface area contributed by atoms with Crippen LogP contribution in [0.3, 0.4) is 0 Å². The average Bonchev–Trinajstić information content (AvgIpc) is 2.71. The van der Waals surface area contributed by atoms with Gasteiger partial charge >= 0.3 is 0 Å². The number of rotatable bonds is 3. The van der Waals surface area contributed by atoms with E-state index in [1.807, 2.05) is 6.07 Å². The molecule has 3 heteroatoms. The van der Waals surface area contributed by atoms with Gasteiger partial charge in [0, 0.05) is 37.5 Å². The SMILES string of the molecule is COCC1CCN(c2ccc(N)c(C)c2)C1. The van der Waals surface area contributed by atoms with E-state index in [4.69, 9.17) is 10.5 Å². The molecule has 0 aromatic heterocycles. The summed E-state index contributed by atoms with van der Waals surface area (Å²) < 4.78 is 5.21. The highest BCUT2D eigenvalue weighted by Gasteiger charge is 2.22. The van der Waals surface area contributed by atoms with Gasteiger partial charge in [0.2, 0.25) is 0 Å². The Balaban J connectivity index is 2.05. The molecule has 1 aromatic rings. The highest BCUT2D eigenvalue weighted by atomic mass is 16.5. The summed E-state index contributed by atoms with van der Waals surface area (Å²) in [6.07, 6.45) is 1.22. The van der Waals surface area contributed by atoms with E-state index < -0.39 is 0 Å². The van der Waals surface area contributed by atoms with Crippen LogP contribution in [-0.4, -0.2) is 26.8 Å². The predicted molar refractivity (Wildman–Crippen MR) is 67.8 cm³/mol. The summed E-state index contributed by atoms with van der Waals surface area (Å²) >= 11 is 0. The van der Waals surface area contributed by atoms with Crippen LogP contribution in [0.4, 0.5) is 11.4 Å². The number of hydrogen-bond acceptors (Lipinski definition) is 3. The van der Waals surface area contributed by atoms with E-state index in [1.54, 1.807) is 7.11 Å². The topological polar surface area (TPSA) is 38.5 Å². The number of nitrogens with two attached hydrogens (primary N) is 1. The third-order valence-electron chi connectivity index (χ3n) is 3.31. The fraction of sp³-hybridized carbons (Fsp3) is 0.538. The summed E-state index contributed by atoms with van der Waals surface area (Å²) in [6, 6.07) is 6.27.